The lowest BCUT2D eigenvalue weighted by molar-refractivity contribution is 0.0696. The summed E-state index contributed by atoms with van der Waals surface area (Å²) >= 11 is 0. The maximum atomic E-state index is 15.4. The van der Waals surface area contributed by atoms with Crippen molar-refractivity contribution >= 4 is 22.8 Å². The largest absolute Gasteiger partial charge is 0.478 e. The van der Waals surface area contributed by atoms with Crippen LogP contribution in [0.2, 0.25) is 0 Å². The van der Waals surface area contributed by atoms with Gasteiger partial charge in [0, 0.05) is 47.0 Å². The molecular weight excluding hydrogens is 595 g/mol. The number of nitrogens with zero attached hydrogens (tertiary/aromatic N) is 2. The molecule has 1 unspecified atom stereocenters. The van der Waals surface area contributed by atoms with Gasteiger partial charge >= 0.3 is 5.97 Å². The Morgan fingerprint density at radius 3 is 2.59 bits per heavy atom. The van der Waals surface area contributed by atoms with E-state index in [1.165, 1.54) is 18.2 Å². The number of allylic oxidation sites excluding steroid dienone is 5. The van der Waals surface area contributed by atoms with Crippen LogP contribution in [0.1, 0.15) is 64.2 Å². The molecule has 3 aromatic rings. The molecule has 3 aliphatic carbocycles. The molecule has 240 valence electrons. The number of carboxylic acids is 1. The van der Waals surface area contributed by atoms with Gasteiger partial charge in [-0.25, -0.2) is 18.6 Å². The second-order valence-electron chi connectivity index (χ2n) is 12.6. The number of hydrogen-bond donors (Lipinski definition) is 2. The van der Waals surface area contributed by atoms with E-state index in [2.05, 4.69) is 0 Å². The van der Waals surface area contributed by atoms with E-state index in [0.29, 0.717) is 52.2 Å². The minimum absolute atomic E-state index is 0.00743. The Morgan fingerprint density at radius 2 is 1.91 bits per heavy atom. The molecule has 0 bridgehead atoms. The number of ether oxygens (including phenoxy) is 1. The van der Waals surface area contributed by atoms with E-state index in [1.807, 2.05) is 10.6 Å². The van der Waals surface area contributed by atoms with E-state index in [-0.39, 0.29) is 42.7 Å². The second-order valence-corrected chi connectivity index (χ2v) is 12.6. The van der Waals surface area contributed by atoms with Crippen LogP contribution in [0.4, 0.5) is 13.2 Å². The van der Waals surface area contributed by atoms with Crippen molar-refractivity contribution < 1.29 is 32.6 Å². The Morgan fingerprint density at radius 1 is 1.13 bits per heavy atom. The Kier molecular flexibility index (Phi) is 8.99. The van der Waals surface area contributed by atoms with Gasteiger partial charge in [-0.05, 0) is 74.1 Å². The van der Waals surface area contributed by atoms with Gasteiger partial charge in [-0.2, -0.15) is 0 Å². The number of benzene rings is 2. The summed E-state index contributed by atoms with van der Waals surface area (Å²) in [5.74, 6) is -1.74. The Labute approximate surface area is 264 Å². The maximum absolute atomic E-state index is 15.4. The first-order chi connectivity index (χ1) is 22.2. The SMILES string of the molecule is N/C(=C\C=C/COCc1ccc(C(=O)C2CC2)cc1F)C1=CCC(Cc2nc3ccc(C(=O)O)cc3n2CC2(CF)CC2)C(F)=C1. The number of nitrogens with two attached hydrogens (primary N) is 1. The number of aromatic carboxylic acids is 1. The molecular formula is C36H36F3N3O4. The number of rotatable bonds is 14. The number of hydrogen-bond acceptors (Lipinski definition) is 5. The van der Waals surface area contributed by atoms with Crippen LogP contribution in [0.15, 0.2) is 83.9 Å². The minimum atomic E-state index is -1.06. The Bertz CT molecular complexity index is 1800. The van der Waals surface area contributed by atoms with Gasteiger partial charge in [-0.3, -0.25) is 9.18 Å². The molecule has 6 rings (SSSR count). The maximum Gasteiger partial charge on any atom is 0.335 e. The van der Waals surface area contributed by atoms with Crippen molar-refractivity contribution in [1.29, 1.82) is 0 Å². The molecule has 1 atom stereocenters. The molecule has 1 heterocycles. The smallest absolute Gasteiger partial charge is 0.335 e. The van der Waals surface area contributed by atoms with Crippen molar-refractivity contribution in [2.24, 2.45) is 23.0 Å². The van der Waals surface area contributed by atoms with Gasteiger partial charge in [0.25, 0.3) is 0 Å². The third kappa shape index (κ3) is 7.02. The van der Waals surface area contributed by atoms with Crippen LogP contribution in [-0.4, -0.2) is 39.7 Å². The first kappa shape index (κ1) is 31.5. The molecule has 0 aliphatic heterocycles. The number of fused-ring (bicyclic) bond motifs is 1. The van der Waals surface area contributed by atoms with Gasteiger partial charge in [0.15, 0.2) is 5.78 Å². The standard InChI is InChI=1S/C36H36F3N3O4/c37-20-36(12-13-36)21-42-32-17-26(35(44)45)10-11-31(32)41-33(42)18-23-6-7-24(15-28(23)38)30(40)3-1-2-14-46-19-27-9-8-25(16-29(27)39)34(43)22-4-5-22/h1-3,7-11,15-17,22-23H,4-6,12-14,18-21,40H2,(H,44,45)/b2-1-,30-3-. The van der Waals surface area contributed by atoms with E-state index in [0.717, 1.165) is 25.7 Å². The molecule has 46 heavy (non-hydrogen) atoms. The third-order valence-electron chi connectivity index (χ3n) is 9.05. The number of halogens is 3. The summed E-state index contributed by atoms with van der Waals surface area (Å²) in [5, 5.41) is 9.48. The van der Waals surface area contributed by atoms with Crippen molar-refractivity contribution in [1.82, 2.24) is 9.55 Å². The lowest BCUT2D eigenvalue weighted by Gasteiger charge is -2.21. The Hall–Kier alpha value is -4.44. The first-order valence-electron chi connectivity index (χ1n) is 15.5. The zero-order valence-corrected chi connectivity index (χ0v) is 25.4. The molecule has 0 radical (unpaired) electrons. The van der Waals surface area contributed by atoms with Crippen LogP contribution in [-0.2, 0) is 24.3 Å². The predicted molar refractivity (Wildman–Crippen MR) is 168 cm³/mol. The topological polar surface area (TPSA) is 107 Å². The van der Waals surface area contributed by atoms with Gasteiger partial charge in [-0.1, -0.05) is 30.4 Å². The average Bonchev–Trinajstić information content (AvgIpc) is 3.98. The van der Waals surface area contributed by atoms with Gasteiger partial charge in [0.2, 0.25) is 0 Å². The van der Waals surface area contributed by atoms with Crippen molar-refractivity contribution in [2.75, 3.05) is 13.3 Å². The molecule has 2 aromatic carbocycles. The molecule has 2 fully saturated rings. The summed E-state index contributed by atoms with van der Waals surface area (Å²) < 4.78 is 51.0. The predicted octanol–water partition coefficient (Wildman–Crippen LogP) is 7.17. The molecule has 3 N–H and O–H groups in total. The summed E-state index contributed by atoms with van der Waals surface area (Å²) in [4.78, 5) is 28.4. The minimum Gasteiger partial charge on any atom is -0.478 e. The monoisotopic (exact) mass is 631 g/mol. The first-order valence-corrected chi connectivity index (χ1v) is 15.5. The van der Waals surface area contributed by atoms with Gasteiger partial charge in [0.05, 0.1) is 36.5 Å². The van der Waals surface area contributed by atoms with Gasteiger partial charge in [-0.15, -0.1) is 0 Å². The van der Waals surface area contributed by atoms with E-state index < -0.39 is 29.8 Å². The molecule has 0 saturated heterocycles. The number of carbonyl (C=O) groups is 2. The molecule has 1 aromatic heterocycles. The number of Topliss-reactive ketones (excluding diaryl/α,β-unsaturated/α-hetero) is 1. The molecule has 2 saturated carbocycles. The van der Waals surface area contributed by atoms with Crippen molar-refractivity contribution in [3.63, 3.8) is 0 Å². The second kappa shape index (κ2) is 13.1. The van der Waals surface area contributed by atoms with Gasteiger partial charge in [0.1, 0.15) is 17.5 Å². The number of carboxylic acid groups (broad SMARTS) is 1. The fourth-order valence-corrected chi connectivity index (χ4v) is 5.75. The summed E-state index contributed by atoms with van der Waals surface area (Å²) in [6.45, 7) is 0.148. The van der Waals surface area contributed by atoms with Gasteiger partial charge < -0.3 is 20.1 Å². The van der Waals surface area contributed by atoms with Crippen molar-refractivity contribution in [3.8, 4) is 0 Å². The highest BCUT2D eigenvalue weighted by molar-refractivity contribution is 5.99. The van der Waals surface area contributed by atoms with Crippen LogP contribution >= 0.6 is 0 Å². The fourth-order valence-electron chi connectivity index (χ4n) is 5.75. The zero-order valence-electron chi connectivity index (χ0n) is 25.4. The van der Waals surface area contributed by atoms with Crippen LogP contribution in [0.25, 0.3) is 11.0 Å². The number of alkyl halides is 1. The van der Waals surface area contributed by atoms with Crippen LogP contribution < -0.4 is 5.73 Å². The zero-order chi connectivity index (χ0) is 32.4. The van der Waals surface area contributed by atoms with Crippen molar-refractivity contribution in [2.45, 2.75) is 51.7 Å². The summed E-state index contributed by atoms with van der Waals surface area (Å²) in [5.41, 5.74) is 8.75. The lowest BCUT2D eigenvalue weighted by Crippen LogP contribution is -2.19. The normalized spacial score (nSPS) is 19.4. The molecule has 7 nitrogen and oxygen atoms in total. The van der Waals surface area contributed by atoms with E-state index >= 15 is 4.39 Å². The number of carbonyl (C=O) groups excluding carboxylic acids is 1. The quantitative estimate of drug-likeness (QED) is 0.111. The molecule has 0 amide bonds. The number of aromatic nitrogens is 2. The highest BCUT2D eigenvalue weighted by Crippen LogP contribution is 2.48. The highest BCUT2D eigenvalue weighted by atomic mass is 19.1. The van der Waals surface area contributed by atoms with E-state index in [4.69, 9.17) is 15.5 Å². The molecule has 0 spiro atoms. The summed E-state index contributed by atoms with van der Waals surface area (Å²) in [6.07, 6.45) is 12.2. The summed E-state index contributed by atoms with van der Waals surface area (Å²) in [7, 11) is 0. The van der Waals surface area contributed by atoms with Crippen LogP contribution in [0.3, 0.4) is 0 Å². The average molecular weight is 632 g/mol. The number of ketones is 1. The van der Waals surface area contributed by atoms with Crippen molar-refractivity contribution in [3.05, 3.63) is 112 Å². The number of imidazole rings is 1. The van der Waals surface area contributed by atoms with Crippen LogP contribution in [0, 0.1) is 23.1 Å². The van der Waals surface area contributed by atoms with Crippen LogP contribution in [0.5, 0.6) is 0 Å². The lowest BCUT2D eigenvalue weighted by atomic mass is 9.91. The fraction of sp³-hybridized carbons (Fsp3) is 0.361. The van der Waals surface area contributed by atoms with E-state index in [9.17, 15) is 23.5 Å². The van der Waals surface area contributed by atoms with E-state index in [1.54, 1.807) is 42.5 Å². The molecule has 3 aliphatic rings. The third-order valence-corrected chi connectivity index (χ3v) is 9.05. The molecule has 10 heteroatoms. The Balaban J connectivity index is 1.05. The summed E-state index contributed by atoms with van der Waals surface area (Å²) in [6, 6.07) is 9.16. The highest BCUT2D eigenvalue weighted by Gasteiger charge is 2.44.